The minimum Gasteiger partial charge on any atom is -0.378 e. The van der Waals surface area contributed by atoms with Crippen LogP contribution in [0.2, 0.25) is 0 Å². The molecule has 1 amide bonds. The zero-order valence-corrected chi connectivity index (χ0v) is 15.5. The van der Waals surface area contributed by atoms with Crippen LogP contribution in [0, 0.1) is 12.7 Å². The molecule has 0 bridgehead atoms. The number of halogens is 1. The molecule has 0 unspecified atom stereocenters. The minimum absolute atomic E-state index is 0.111. The van der Waals surface area contributed by atoms with Gasteiger partial charge in [0, 0.05) is 25.6 Å². The highest BCUT2D eigenvalue weighted by molar-refractivity contribution is 5.97. The molecule has 1 N–H and O–H groups in total. The van der Waals surface area contributed by atoms with Crippen molar-refractivity contribution in [3.05, 3.63) is 58.5 Å². The van der Waals surface area contributed by atoms with Crippen molar-refractivity contribution in [3.8, 4) is 0 Å². The number of anilines is 1. The predicted octanol–water partition coefficient (Wildman–Crippen LogP) is 3.17. The number of nitrogens with one attached hydrogen (secondary N) is 1. The molecule has 0 radical (unpaired) electrons. The lowest BCUT2D eigenvalue weighted by Crippen LogP contribution is -2.37. The van der Waals surface area contributed by atoms with Gasteiger partial charge in [0.25, 0.3) is 5.91 Å². The Morgan fingerprint density at radius 2 is 1.96 bits per heavy atom. The molecule has 6 heteroatoms. The summed E-state index contributed by atoms with van der Waals surface area (Å²) >= 11 is 0. The first-order valence-electron chi connectivity index (χ1n) is 9.48. The van der Waals surface area contributed by atoms with Crippen LogP contribution >= 0.6 is 0 Å². The summed E-state index contributed by atoms with van der Waals surface area (Å²) in [5.41, 5.74) is 3.42. The molecule has 1 aromatic heterocycles. The molecule has 1 saturated heterocycles. The molecule has 0 atom stereocenters. The fraction of sp³-hybridized carbons (Fsp3) is 0.429. The normalized spacial score (nSPS) is 17.0. The van der Waals surface area contributed by atoms with Crippen molar-refractivity contribution in [2.45, 2.75) is 32.2 Å². The standard InChI is InChI=1S/C21H24FN3O2/c1-14-12-18(25-8-10-27-11-9-25)24-20(16-4-5-16)19(14)21(26)23-13-15-2-6-17(22)7-3-15/h2-3,6-7,12,16H,4-5,8-11,13H2,1H3,(H,23,26). The number of carbonyl (C=O) groups excluding carboxylic acids is 1. The first-order valence-corrected chi connectivity index (χ1v) is 9.48. The van der Waals surface area contributed by atoms with Crippen molar-refractivity contribution in [3.63, 3.8) is 0 Å². The largest absolute Gasteiger partial charge is 0.378 e. The molecule has 142 valence electrons. The number of carbonyl (C=O) groups is 1. The van der Waals surface area contributed by atoms with Gasteiger partial charge in [-0.2, -0.15) is 0 Å². The van der Waals surface area contributed by atoms with Crippen LogP contribution in [-0.4, -0.2) is 37.2 Å². The SMILES string of the molecule is Cc1cc(N2CCOCC2)nc(C2CC2)c1C(=O)NCc1ccc(F)cc1. The molecule has 2 aromatic rings. The maximum atomic E-state index is 13.0. The summed E-state index contributed by atoms with van der Waals surface area (Å²) in [6.45, 7) is 5.41. The van der Waals surface area contributed by atoms with Crippen molar-refractivity contribution >= 4 is 11.7 Å². The molecule has 5 nitrogen and oxygen atoms in total. The van der Waals surface area contributed by atoms with Gasteiger partial charge in [-0.15, -0.1) is 0 Å². The van der Waals surface area contributed by atoms with Gasteiger partial charge >= 0.3 is 0 Å². The van der Waals surface area contributed by atoms with Gasteiger partial charge in [0.2, 0.25) is 0 Å². The van der Waals surface area contributed by atoms with Crippen molar-refractivity contribution in [1.82, 2.24) is 10.3 Å². The van der Waals surface area contributed by atoms with Crippen LogP contribution < -0.4 is 10.2 Å². The van der Waals surface area contributed by atoms with Crippen LogP contribution in [-0.2, 0) is 11.3 Å². The van der Waals surface area contributed by atoms with Gasteiger partial charge in [-0.1, -0.05) is 12.1 Å². The molecule has 2 heterocycles. The molecular formula is C21H24FN3O2. The molecule has 2 aliphatic rings. The first-order chi connectivity index (χ1) is 13.1. The molecule has 4 rings (SSSR count). The fourth-order valence-corrected chi connectivity index (χ4v) is 3.45. The van der Waals surface area contributed by atoms with E-state index in [1.54, 1.807) is 12.1 Å². The third-order valence-corrected chi connectivity index (χ3v) is 5.12. The van der Waals surface area contributed by atoms with E-state index in [0.717, 1.165) is 48.6 Å². The zero-order chi connectivity index (χ0) is 18.8. The minimum atomic E-state index is -0.278. The third kappa shape index (κ3) is 4.11. The van der Waals surface area contributed by atoms with Crippen molar-refractivity contribution < 1.29 is 13.9 Å². The molecular weight excluding hydrogens is 345 g/mol. The average molecular weight is 369 g/mol. The maximum Gasteiger partial charge on any atom is 0.253 e. The lowest BCUT2D eigenvalue weighted by molar-refractivity contribution is 0.0948. The number of hydrogen-bond donors (Lipinski definition) is 1. The van der Waals surface area contributed by atoms with Crippen LogP contribution in [0.1, 0.15) is 45.9 Å². The first kappa shape index (κ1) is 17.9. The molecule has 1 saturated carbocycles. The van der Waals surface area contributed by atoms with Gasteiger partial charge in [0.15, 0.2) is 0 Å². The summed E-state index contributed by atoms with van der Waals surface area (Å²) in [6.07, 6.45) is 2.16. The van der Waals surface area contributed by atoms with E-state index >= 15 is 0 Å². The Labute approximate surface area is 158 Å². The van der Waals surface area contributed by atoms with Crippen molar-refractivity contribution in [1.29, 1.82) is 0 Å². The van der Waals surface area contributed by atoms with E-state index < -0.39 is 0 Å². The zero-order valence-electron chi connectivity index (χ0n) is 15.5. The number of nitrogens with zero attached hydrogens (tertiary/aromatic N) is 2. The Morgan fingerprint density at radius 3 is 2.63 bits per heavy atom. The Morgan fingerprint density at radius 1 is 1.26 bits per heavy atom. The smallest absolute Gasteiger partial charge is 0.253 e. The molecule has 1 aliphatic carbocycles. The molecule has 2 fully saturated rings. The highest BCUT2D eigenvalue weighted by atomic mass is 19.1. The van der Waals surface area contributed by atoms with E-state index in [9.17, 15) is 9.18 Å². The van der Waals surface area contributed by atoms with Gasteiger partial charge in [-0.05, 0) is 49.1 Å². The summed E-state index contributed by atoms with van der Waals surface area (Å²) in [5, 5.41) is 2.96. The number of ether oxygens (including phenoxy) is 1. The molecule has 1 aromatic carbocycles. The van der Waals surface area contributed by atoms with Gasteiger partial charge < -0.3 is 15.0 Å². The van der Waals surface area contributed by atoms with Crippen LogP contribution in [0.15, 0.2) is 30.3 Å². The highest BCUT2D eigenvalue weighted by Crippen LogP contribution is 2.42. The number of benzene rings is 1. The number of hydrogen-bond acceptors (Lipinski definition) is 4. The average Bonchev–Trinajstić information content (AvgIpc) is 3.52. The fourth-order valence-electron chi connectivity index (χ4n) is 3.45. The summed E-state index contributed by atoms with van der Waals surface area (Å²) in [6, 6.07) is 8.18. The highest BCUT2D eigenvalue weighted by Gasteiger charge is 2.32. The molecule has 27 heavy (non-hydrogen) atoms. The predicted molar refractivity (Wildman–Crippen MR) is 102 cm³/mol. The molecule has 1 aliphatic heterocycles. The molecule has 0 spiro atoms. The van der Waals surface area contributed by atoms with E-state index in [1.165, 1.54) is 12.1 Å². The second kappa shape index (κ2) is 7.64. The second-order valence-corrected chi connectivity index (χ2v) is 7.24. The van der Waals surface area contributed by atoms with E-state index in [0.29, 0.717) is 31.2 Å². The Kier molecular flexibility index (Phi) is 5.07. The van der Waals surface area contributed by atoms with Gasteiger partial charge in [-0.25, -0.2) is 9.37 Å². The summed E-state index contributed by atoms with van der Waals surface area (Å²) in [5.74, 6) is 0.920. The Bertz CT molecular complexity index is 828. The lowest BCUT2D eigenvalue weighted by atomic mass is 10.0. The van der Waals surface area contributed by atoms with E-state index in [2.05, 4.69) is 10.2 Å². The van der Waals surface area contributed by atoms with Crippen molar-refractivity contribution in [2.75, 3.05) is 31.2 Å². The van der Waals surface area contributed by atoms with Crippen LogP contribution in [0.25, 0.3) is 0 Å². The van der Waals surface area contributed by atoms with E-state index in [-0.39, 0.29) is 11.7 Å². The second-order valence-electron chi connectivity index (χ2n) is 7.24. The Balaban J connectivity index is 1.55. The number of pyridine rings is 1. The van der Waals surface area contributed by atoms with Crippen LogP contribution in [0.5, 0.6) is 0 Å². The third-order valence-electron chi connectivity index (χ3n) is 5.12. The van der Waals surface area contributed by atoms with Crippen molar-refractivity contribution in [2.24, 2.45) is 0 Å². The van der Waals surface area contributed by atoms with E-state index in [1.807, 2.05) is 13.0 Å². The maximum absolute atomic E-state index is 13.0. The number of amides is 1. The number of aromatic nitrogens is 1. The van der Waals surface area contributed by atoms with Gasteiger partial charge in [0.05, 0.1) is 24.5 Å². The number of morpholine rings is 1. The van der Waals surface area contributed by atoms with Crippen LogP contribution in [0.3, 0.4) is 0 Å². The van der Waals surface area contributed by atoms with Gasteiger partial charge in [0.1, 0.15) is 11.6 Å². The monoisotopic (exact) mass is 369 g/mol. The number of aryl methyl sites for hydroxylation is 1. The summed E-state index contributed by atoms with van der Waals surface area (Å²) < 4.78 is 18.5. The van der Waals surface area contributed by atoms with Crippen LogP contribution in [0.4, 0.5) is 10.2 Å². The Hall–Kier alpha value is -2.47. The summed E-state index contributed by atoms with van der Waals surface area (Å²) in [7, 11) is 0. The quantitative estimate of drug-likeness (QED) is 0.880. The number of rotatable bonds is 5. The van der Waals surface area contributed by atoms with E-state index in [4.69, 9.17) is 9.72 Å². The summed E-state index contributed by atoms with van der Waals surface area (Å²) in [4.78, 5) is 20.0. The van der Waals surface area contributed by atoms with Gasteiger partial charge in [-0.3, -0.25) is 4.79 Å². The lowest BCUT2D eigenvalue weighted by Gasteiger charge is -2.29. The topological polar surface area (TPSA) is 54.5 Å².